The molecule has 0 spiro atoms. The number of carbonyl (C=O) groups excluding carboxylic acids is 1. The predicted octanol–water partition coefficient (Wildman–Crippen LogP) is 3.21. The summed E-state index contributed by atoms with van der Waals surface area (Å²) >= 11 is 0. The lowest BCUT2D eigenvalue weighted by Gasteiger charge is -2.27. The molecule has 4 nitrogen and oxygen atoms in total. The summed E-state index contributed by atoms with van der Waals surface area (Å²) in [6.45, 7) is 0. The van der Waals surface area contributed by atoms with E-state index in [2.05, 4.69) is 10.5 Å². The summed E-state index contributed by atoms with van der Waals surface area (Å²) in [6, 6.07) is 23.1. The van der Waals surface area contributed by atoms with Crippen LogP contribution in [0.4, 0.5) is 4.39 Å². The number of amides is 1. The number of aliphatic hydroxyl groups is 1. The molecule has 5 heteroatoms. The quantitative estimate of drug-likeness (QED) is 0.549. The Labute approximate surface area is 150 Å². The van der Waals surface area contributed by atoms with Crippen LogP contribution < -0.4 is 5.43 Å². The van der Waals surface area contributed by atoms with Crippen LogP contribution in [0.2, 0.25) is 0 Å². The number of nitrogens with zero attached hydrogens (tertiary/aromatic N) is 1. The number of carbonyl (C=O) groups is 1. The van der Waals surface area contributed by atoms with Gasteiger partial charge in [0.2, 0.25) is 0 Å². The Morgan fingerprint density at radius 2 is 1.50 bits per heavy atom. The number of nitrogens with one attached hydrogen (secondary N) is 1. The number of hydrogen-bond acceptors (Lipinski definition) is 3. The molecule has 0 heterocycles. The standard InChI is InChI=1S/C21H17FN2O2/c22-19-13-7-8-16(14-19)15-23-24-20(25)21(26,17-9-3-1-4-10-17)18-11-5-2-6-12-18/h1-15,26H,(H,24,25)/b23-15+. The van der Waals surface area contributed by atoms with Crippen molar-refractivity contribution in [2.45, 2.75) is 5.60 Å². The molecule has 0 saturated heterocycles. The second-order valence-electron chi connectivity index (χ2n) is 5.70. The minimum atomic E-state index is -1.90. The molecule has 0 bridgehead atoms. The van der Waals surface area contributed by atoms with Gasteiger partial charge in [-0.1, -0.05) is 72.8 Å². The molecular formula is C21H17FN2O2. The summed E-state index contributed by atoms with van der Waals surface area (Å²) in [4.78, 5) is 12.8. The maximum absolute atomic E-state index is 13.2. The van der Waals surface area contributed by atoms with E-state index in [1.165, 1.54) is 18.3 Å². The van der Waals surface area contributed by atoms with Gasteiger partial charge >= 0.3 is 0 Å². The Morgan fingerprint density at radius 3 is 2.04 bits per heavy atom. The topological polar surface area (TPSA) is 61.7 Å². The van der Waals surface area contributed by atoms with Gasteiger partial charge in [-0.15, -0.1) is 0 Å². The lowest BCUT2D eigenvalue weighted by atomic mass is 9.85. The highest BCUT2D eigenvalue weighted by Crippen LogP contribution is 2.29. The van der Waals surface area contributed by atoms with Crippen LogP contribution in [0.25, 0.3) is 0 Å². The van der Waals surface area contributed by atoms with Gasteiger partial charge in [-0.3, -0.25) is 4.79 Å². The van der Waals surface area contributed by atoms with Crippen molar-refractivity contribution in [3.63, 3.8) is 0 Å². The van der Waals surface area contributed by atoms with Crippen molar-refractivity contribution < 1.29 is 14.3 Å². The minimum Gasteiger partial charge on any atom is -0.372 e. The third-order valence-electron chi connectivity index (χ3n) is 3.94. The molecule has 3 aromatic carbocycles. The Hall–Kier alpha value is -3.31. The SMILES string of the molecule is O=C(N/N=C/c1cccc(F)c1)C(O)(c1ccccc1)c1ccccc1. The third kappa shape index (κ3) is 3.68. The van der Waals surface area contributed by atoms with Crippen molar-refractivity contribution in [1.82, 2.24) is 5.43 Å². The van der Waals surface area contributed by atoms with Crippen LogP contribution in [0.15, 0.2) is 90.0 Å². The number of benzene rings is 3. The molecule has 0 aromatic heterocycles. The monoisotopic (exact) mass is 348 g/mol. The molecule has 0 aliphatic heterocycles. The van der Waals surface area contributed by atoms with E-state index in [9.17, 15) is 14.3 Å². The molecule has 3 aromatic rings. The van der Waals surface area contributed by atoms with Crippen molar-refractivity contribution in [2.75, 3.05) is 0 Å². The van der Waals surface area contributed by atoms with Crippen LogP contribution >= 0.6 is 0 Å². The maximum Gasteiger partial charge on any atom is 0.281 e. The maximum atomic E-state index is 13.2. The van der Waals surface area contributed by atoms with E-state index in [-0.39, 0.29) is 0 Å². The summed E-state index contributed by atoms with van der Waals surface area (Å²) < 4.78 is 13.2. The molecule has 0 unspecified atom stereocenters. The number of hydrogen-bond donors (Lipinski definition) is 2. The molecule has 0 saturated carbocycles. The minimum absolute atomic E-state index is 0.398. The van der Waals surface area contributed by atoms with Crippen molar-refractivity contribution in [3.8, 4) is 0 Å². The van der Waals surface area contributed by atoms with E-state index in [1.54, 1.807) is 72.8 Å². The third-order valence-corrected chi connectivity index (χ3v) is 3.94. The number of halogens is 1. The van der Waals surface area contributed by atoms with Gasteiger partial charge in [-0.25, -0.2) is 9.82 Å². The van der Waals surface area contributed by atoms with Crippen molar-refractivity contribution in [2.24, 2.45) is 5.10 Å². The zero-order valence-electron chi connectivity index (χ0n) is 13.8. The van der Waals surface area contributed by atoms with Crippen LogP contribution in [0, 0.1) is 5.82 Å². The molecule has 130 valence electrons. The van der Waals surface area contributed by atoms with Crippen molar-refractivity contribution >= 4 is 12.1 Å². The Balaban J connectivity index is 1.89. The van der Waals surface area contributed by atoms with Gasteiger partial charge in [-0.05, 0) is 28.8 Å². The first-order valence-electron chi connectivity index (χ1n) is 8.03. The van der Waals surface area contributed by atoms with Gasteiger partial charge in [0.25, 0.3) is 5.91 Å². The molecule has 0 radical (unpaired) electrons. The van der Waals surface area contributed by atoms with Gasteiger partial charge in [0.15, 0.2) is 5.60 Å². The van der Waals surface area contributed by atoms with Crippen LogP contribution in [0.3, 0.4) is 0 Å². The van der Waals surface area contributed by atoms with E-state index in [0.29, 0.717) is 16.7 Å². The smallest absolute Gasteiger partial charge is 0.281 e. The fourth-order valence-corrected chi connectivity index (χ4v) is 2.62. The zero-order chi connectivity index (χ0) is 18.4. The molecule has 3 rings (SSSR count). The molecule has 0 aliphatic carbocycles. The molecule has 0 fully saturated rings. The zero-order valence-corrected chi connectivity index (χ0v) is 13.8. The van der Waals surface area contributed by atoms with Crippen LogP contribution in [0.5, 0.6) is 0 Å². The van der Waals surface area contributed by atoms with E-state index in [4.69, 9.17) is 0 Å². The Kier molecular flexibility index (Phi) is 5.20. The van der Waals surface area contributed by atoms with Crippen LogP contribution in [-0.4, -0.2) is 17.2 Å². The van der Waals surface area contributed by atoms with Crippen LogP contribution in [-0.2, 0) is 10.4 Å². The van der Waals surface area contributed by atoms with E-state index >= 15 is 0 Å². The number of hydrazone groups is 1. The average Bonchev–Trinajstić information content (AvgIpc) is 2.68. The molecule has 2 N–H and O–H groups in total. The number of rotatable bonds is 5. The summed E-state index contributed by atoms with van der Waals surface area (Å²) in [5, 5.41) is 15.1. The van der Waals surface area contributed by atoms with Crippen molar-refractivity contribution in [1.29, 1.82) is 0 Å². The normalized spacial score (nSPS) is 11.5. The average molecular weight is 348 g/mol. The second-order valence-corrected chi connectivity index (χ2v) is 5.70. The van der Waals surface area contributed by atoms with E-state index in [0.717, 1.165) is 0 Å². The molecular weight excluding hydrogens is 331 g/mol. The van der Waals surface area contributed by atoms with E-state index < -0.39 is 17.3 Å². The van der Waals surface area contributed by atoms with Gasteiger partial charge in [-0.2, -0.15) is 5.10 Å². The van der Waals surface area contributed by atoms with E-state index in [1.807, 2.05) is 0 Å². The summed E-state index contributed by atoms with van der Waals surface area (Å²) in [5.41, 5.74) is 1.78. The van der Waals surface area contributed by atoms with Gasteiger partial charge < -0.3 is 5.11 Å². The highest BCUT2D eigenvalue weighted by atomic mass is 19.1. The first-order chi connectivity index (χ1) is 12.6. The Morgan fingerprint density at radius 1 is 0.923 bits per heavy atom. The summed E-state index contributed by atoms with van der Waals surface area (Å²) in [6.07, 6.45) is 1.32. The largest absolute Gasteiger partial charge is 0.372 e. The molecule has 0 aliphatic rings. The Bertz CT molecular complexity index is 872. The molecule has 1 amide bonds. The van der Waals surface area contributed by atoms with Gasteiger partial charge in [0.1, 0.15) is 5.82 Å². The lowest BCUT2D eigenvalue weighted by molar-refractivity contribution is -0.136. The lowest BCUT2D eigenvalue weighted by Crippen LogP contribution is -2.43. The van der Waals surface area contributed by atoms with Crippen LogP contribution in [0.1, 0.15) is 16.7 Å². The summed E-state index contributed by atoms with van der Waals surface area (Å²) in [7, 11) is 0. The molecule has 0 atom stereocenters. The highest BCUT2D eigenvalue weighted by Gasteiger charge is 2.39. The van der Waals surface area contributed by atoms with Gasteiger partial charge in [0, 0.05) is 0 Å². The highest BCUT2D eigenvalue weighted by molar-refractivity contribution is 5.91. The first kappa shape index (κ1) is 17.5. The second kappa shape index (κ2) is 7.72. The van der Waals surface area contributed by atoms with Gasteiger partial charge in [0.05, 0.1) is 6.21 Å². The fraction of sp³-hybridized carbons (Fsp3) is 0.0476. The van der Waals surface area contributed by atoms with Crippen molar-refractivity contribution in [3.05, 3.63) is 107 Å². The predicted molar refractivity (Wildman–Crippen MR) is 98.0 cm³/mol. The molecule has 26 heavy (non-hydrogen) atoms. The summed E-state index contributed by atoms with van der Waals surface area (Å²) in [5.74, 6) is -1.10. The first-order valence-corrected chi connectivity index (χ1v) is 8.03. The fourth-order valence-electron chi connectivity index (χ4n) is 2.62.